The molecule has 0 bridgehead atoms. The van der Waals surface area contributed by atoms with Crippen molar-refractivity contribution in [3.63, 3.8) is 0 Å². The Morgan fingerprint density at radius 1 is 1.00 bits per heavy atom. The molecule has 1 saturated heterocycles. The van der Waals surface area contributed by atoms with E-state index in [9.17, 15) is 13.2 Å². The van der Waals surface area contributed by atoms with Crippen molar-refractivity contribution < 1.29 is 17.9 Å². The molecule has 0 amide bonds. The third-order valence-electron chi connectivity index (χ3n) is 7.26. The molecule has 4 heterocycles. The summed E-state index contributed by atoms with van der Waals surface area (Å²) < 4.78 is 35.4. The molecule has 9 nitrogen and oxygen atoms in total. The molecule has 1 aliphatic rings. The number of fused-ring (bicyclic) bond motifs is 3. The average Bonchev–Trinajstić information content (AvgIpc) is 3.57. The molecular formula is C29H29N5O4S. The Bertz CT molecular complexity index is 1740. The number of esters is 1. The fraction of sp³-hybridized carbons (Fsp3) is 0.276. The van der Waals surface area contributed by atoms with Gasteiger partial charge in [0, 0.05) is 37.3 Å². The Morgan fingerprint density at radius 3 is 2.38 bits per heavy atom. The van der Waals surface area contributed by atoms with Gasteiger partial charge >= 0.3 is 5.97 Å². The summed E-state index contributed by atoms with van der Waals surface area (Å²) in [5.74, 6) is -0.272. The van der Waals surface area contributed by atoms with Crippen LogP contribution in [0.25, 0.3) is 22.1 Å². The third-order valence-corrected chi connectivity index (χ3v) is 8.94. The molecule has 1 fully saturated rings. The Morgan fingerprint density at radius 2 is 1.69 bits per heavy atom. The summed E-state index contributed by atoms with van der Waals surface area (Å²) in [6, 6.07) is 20.4. The minimum absolute atomic E-state index is 0.00103. The van der Waals surface area contributed by atoms with Crippen LogP contribution in [0.3, 0.4) is 0 Å². The Labute approximate surface area is 226 Å². The first kappa shape index (κ1) is 25.3. The molecule has 0 unspecified atom stereocenters. The van der Waals surface area contributed by atoms with E-state index < -0.39 is 16.0 Å². The van der Waals surface area contributed by atoms with Crippen LogP contribution in [-0.2, 0) is 21.3 Å². The van der Waals surface area contributed by atoms with E-state index in [1.54, 1.807) is 49.5 Å². The van der Waals surface area contributed by atoms with Crippen molar-refractivity contribution in [2.24, 2.45) is 0 Å². The van der Waals surface area contributed by atoms with E-state index in [1.165, 1.54) is 15.7 Å². The third kappa shape index (κ3) is 4.59. The second-order valence-electron chi connectivity index (χ2n) is 9.68. The highest BCUT2D eigenvalue weighted by atomic mass is 32.2. The zero-order chi connectivity index (χ0) is 27.0. The van der Waals surface area contributed by atoms with E-state index >= 15 is 0 Å². The number of carbonyl (C=O) groups is 1. The minimum Gasteiger partial charge on any atom is -0.460 e. The molecule has 200 valence electrons. The molecule has 0 radical (unpaired) electrons. The van der Waals surface area contributed by atoms with Gasteiger partial charge in [-0.15, -0.1) is 0 Å². The summed E-state index contributed by atoms with van der Waals surface area (Å²) in [6.45, 7) is 4.59. The molecule has 0 aliphatic carbocycles. The number of hydrogen-bond donors (Lipinski definition) is 0. The first-order valence-electron chi connectivity index (χ1n) is 13.1. The van der Waals surface area contributed by atoms with E-state index in [0.717, 1.165) is 32.5 Å². The topological polar surface area (TPSA) is 99.3 Å². The number of piperidine rings is 1. The molecule has 1 aliphatic heterocycles. The SMILES string of the molecule is CCOC(=O)c1nc2cnc3c(ccn3S(=O)(=O)c3ccccc3)c2n1C1CCN(Cc2ccccc2)CC1. The number of nitrogens with zero attached hydrogens (tertiary/aromatic N) is 5. The van der Waals surface area contributed by atoms with Gasteiger partial charge in [-0.3, -0.25) is 4.90 Å². The second-order valence-corrected chi connectivity index (χ2v) is 11.5. The van der Waals surface area contributed by atoms with Gasteiger partial charge in [-0.2, -0.15) is 0 Å². The van der Waals surface area contributed by atoms with Crippen LogP contribution in [0, 0.1) is 0 Å². The summed E-state index contributed by atoms with van der Waals surface area (Å²) in [7, 11) is -3.86. The van der Waals surface area contributed by atoms with Crippen molar-refractivity contribution in [2.45, 2.75) is 37.2 Å². The molecule has 2 aromatic carbocycles. The first-order valence-corrected chi connectivity index (χ1v) is 14.5. The highest BCUT2D eigenvalue weighted by molar-refractivity contribution is 7.90. The van der Waals surface area contributed by atoms with E-state index in [1.807, 2.05) is 10.6 Å². The van der Waals surface area contributed by atoms with Gasteiger partial charge in [0.15, 0.2) is 5.65 Å². The van der Waals surface area contributed by atoms with Crippen molar-refractivity contribution in [3.8, 4) is 0 Å². The number of benzene rings is 2. The molecule has 10 heteroatoms. The second kappa shape index (κ2) is 10.3. The number of likely N-dealkylation sites (tertiary alicyclic amines) is 1. The van der Waals surface area contributed by atoms with Crippen LogP contribution in [0.1, 0.15) is 42.0 Å². The smallest absolute Gasteiger partial charge is 0.374 e. The molecular weight excluding hydrogens is 514 g/mol. The first-order chi connectivity index (χ1) is 19.0. The Kier molecular flexibility index (Phi) is 6.66. The van der Waals surface area contributed by atoms with Gasteiger partial charge in [0.1, 0.15) is 5.52 Å². The van der Waals surface area contributed by atoms with Crippen LogP contribution in [0.5, 0.6) is 0 Å². The fourth-order valence-electron chi connectivity index (χ4n) is 5.42. The number of rotatable bonds is 7. The number of hydrogen-bond acceptors (Lipinski definition) is 7. The van der Waals surface area contributed by atoms with Gasteiger partial charge in [-0.1, -0.05) is 48.5 Å². The van der Waals surface area contributed by atoms with Crippen LogP contribution >= 0.6 is 0 Å². The van der Waals surface area contributed by atoms with Gasteiger partial charge < -0.3 is 9.30 Å². The van der Waals surface area contributed by atoms with Crippen LogP contribution in [0.2, 0.25) is 0 Å². The van der Waals surface area contributed by atoms with Crippen molar-refractivity contribution >= 4 is 38.1 Å². The Balaban J connectivity index is 1.42. The number of carbonyl (C=O) groups excluding carboxylic acids is 1. The summed E-state index contributed by atoms with van der Waals surface area (Å²) in [5.41, 5.74) is 2.80. The number of aromatic nitrogens is 4. The summed E-state index contributed by atoms with van der Waals surface area (Å²) >= 11 is 0. The summed E-state index contributed by atoms with van der Waals surface area (Å²) in [6.07, 6.45) is 4.69. The normalized spacial score (nSPS) is 15.2. The van der Waals surface area contributed by atoms with Crippen molar-refractivity contribution in [1.82, 2.24) is 23.4 Å². The van der Waals surface area contributed by atoms with Gasteiger partial charge in [-0.25, -0.2) is 27.2 Å². The maximum absolute atomic E-state index is 13.4. The van der Waals surface area contributed by atoms with E-state index in [2.05, 4.69) is 39.1 Å². The predicted molar refractivity (Wildman–Crippen MR) is 148 cm³/mol. The van der Waals surface area contributed by atoms with Gasteiger partial charge in [0.2, 0.25) is 5.82 Å². The number of pyridine rings is 1. The van der Waals surface area contributed by atoms with Crippen LogP contribution in [-0.4, -0.2) is 57.5 Å². The lowest BCUT2D eigenvalue weighted by Crippen LogP contribution is -2.35. The molecule has 39 heavy (non-hydrogen) atoms. The van der Waals surface area contributed by atoms with Gasteiger partial charge in [-0.05, 0) is 43.5 Å². The van der Waals surface area contributed by atoms with Crippen molar-refractivity contribution in [1.29, 1.82) is 0 Å². The van der Waals surface area contributed by atoms with E-state index in [-0.39, 0.29) is 23.4 Å². The maximum Gasteiger partial charge on any atom is 0.374 e. The van der Waals surface area contributed by atoms with Crippen LogP contribution < -0.4 is 0 Å². The van der Waals surface area contributed by atoms with Gasteiger partial charge in [0.25, 0.3) is 10.0 Å². The van der Waals surface area contributed by atoms with Crippen molar-refractivity contribution in [3.05, 3.63) is 90.5 Å². The molecule has 0 atom stereocenters. The fourth-order valence-corrected chi connectivity index (χ4v) is 6.74. The molecule has 3 aromatic heterocycles. The molecule has 0 spiro atoms. The van der Waals surface area contributed by atoms with Gasteiger partial charge in [0.05, 0.1) is 23.2 Å². The maximum atomic E-state index is 13.4. The summed E-state index contributed by atoms with van der Waals surface area (Å²) in [5, 5.41) is 0.627. The lowest BCUT2D eigenvalue weighted by molar-refractivity contribution is 0.0500. The van der Waals surface area contributed by atoms with Crippen molar-refractivity contribution in [2.75, 3.05) is 19.7 Å². The largest absolute Gasteiger partial charge is 0.460 e. The van der Waals surface area contributed by atoms with E-state index in [0.29, 0.717) is 22.1 Å². The number of imidazole rings is 1. The molecule has 0 saturated carbocycles. The van der Waals surface area contributed by atoms with E-state index in [4.69, 9.17) is 4.74 Å². The monoisotopic (exact) mass is 543 g/mol. The summed E-state index contributed by atoms with van der Waals surface area (Å²) in [4.78, 5) is 24.7. The molecule has 5 aromatic rings. The zero-order valence-corrected chi connectivity index (χ0v) is 22.4. The minimum atomic E-state index is -3.86. The standard InChI is InChI=1S/C29H29N5O4S/c1-2-38-29(35)28-31-25-19-30-27-24(15-18-33(27)39(36,37)23-11-7-4-8-12-23)26(25)34(28)22-13-16-32(17-14-22)20-21-9-5-3-6-10-21/h3-12,15,18-19,22H,2,13-14,16-17,20H2,1H3. The highest BCUT2D eigenvalue weighted by Crippen LogP contribution is 2.34. The van der Waals surface area contributed by atoms with Crippen LogP contribution in [0.15, 0.2) is 84.0 Å². The lowest BCUT2D eigenvalue weighted by Gasteiger charge is -2.33. The quantitative estimate of drug-likeness (QED) is 0.276. The lowest BCUT2D eigenvalue weighted by atomic mass is 10.0. The average molecular weight is 544 g/mol. The highest BCUT2D eigenvalue weighted by Gasteiger charge is 2.30. The molecule has 0 N–H and O–H groups in total. The van der Waals surface area contributed by atoms with Crippen LogP contribution in [0.4, 0.5) is 0 Å². The predicted octanol–water partition coefficient (Wildman–Crippen LogP) is 4.64. The zero-order valence-electron chi connectivity index (χ0n) is 21.6. The Hall–Kier alpha value is -4.02. The number of ether oxygens (including phenoxy) is 1. The molecule has 6 rings (SSSR count).